The number of thiophene rings is 1. The van der Waals surface area contributed by atoms with Gasteiger partial charge >= 0.3 is 5.00 Å². The molecule has 1 N–H and O–H groups in total. The van der Waals surface area contributed by atoms with Crippen LogP contribution in [0.3, 0.4) is 0 Å². The Morgan fingerprint density at radius 1 is 1.19 bits per heavy atom. The Kier molecular flexibility index (Phi) is 4.84. The zero-order valence-electron chi connectivity index (χ0n) is 13.5. The molecule has 3 heterocycles. The zero-order chi connectivity index (χ0) is 18.8. The highest BCUT2D eigenvalue weighted by molar-refractivity contribution is 8.18. The van der Waals surface area contributed by atoms with Crippen LogP contribution >= 0.6 is 34.4 Å². The van der Waals surface area contributed by atoms with E-state index in [-0.39, 0.29) is 10.9 Å². The van der Waals surface area contributed by atoms with E-state index in [1.807, 2.05) is 35.7 Å². The Labute approximate surface area is 165 Å². The number of aromatic nitrogens is 1. The summed E-state index contributed by atoms with van der Waals surface area (Å²) >= 11 is 3.59. The summed E-state index contributed by atoms with van der Waals surface area (Å²) < 4.78 is 0. The summed E-state index contributed by atoms with van der Waals surface area (Å²) in [5, 5.41) is 16.4. The second-order valence-corrected chi connectivity index (χ2v) is 8.26. The molecule has 0 atom stereocenters. The number of benzene rings is 1. The van der Waals surface area contributed by atoms with Crippen molar-refractivity contribution in [2.24, 2.45) is 4.99 Å². The molecule has 7 nitrogen and oxygen atoms in total. The topological polar surface area (TPSA) is 97.5 Å². The lowest BCUT2D eigenvalue weighted by Crippen LogP contribution is -2.19. The van der Waals surface area contributed by atoms with Crippen molar-refractivity contribution in [2.75, 3.05) is 0 Å². The van der Waals surface area contributed by atoms with Crippen LogP contribution in [0.4, 0.5) is 10.1 Å². The maximum Gasteiger partial charge on any atom is 0.324 e. The van der Waals surface area contributed by atoms with Gasteiger partial charge in [-0.2, -0.15) is 4.99 Å². The first-order chi connectivity index (χ1) is 13.1. The van der Waals surface area contributed by atoms with Gasteiger partial charge in [-0.1, -0.05) is 41.7 Å². The molecule has 1 aliphatic heterocycles. The first-order valence-corrected chi connectivity index (χ1v) is 10.1. The zero-order valence-corrected chi connectivity index (χ0v) is 15.9. The number of hydrogen-bond acceptors (Lipinski definition) is 8. The maximum atomic E-state index is 12.1. The number of carbonyl (C=O) groups excluding carboxylic acids is 1. The van der Waals surface area contributed by atoms with Crippen molar-refractivity contribution in [3.05, 3.63) is 67.7 Å². The van der Waals surface area contributed by atoms with Gasteiger partial charge in [-0.3, -0.25) is 14.9 Å². The van der Waals surface area contributed by atoms with E-state index in [0.29, 0.717) is 20.1 Å². The highest BCUT2D eigenvalue weighted by Crippen LogP contribution is 2.33. The van der Waals surface area contributed by atoms with Crippen LogP contribution in [0.25, 0.3) is 17.3 Å². The van der Waals surface area contributed by atoms with Crippen LogP contribution in [0.5, 0.6) is 0 Å². The fourth-order valence-corrected chi connectivity index (χ4v) is 4.68. The third-order valence-electron chi connectivity index (χ3n) is 3.48. The number of carbonyl (C=O) groups is 1. The number of thiazole rings is 1. The molecule has 2 aromatic heterocycles. The number of thioether (sulfide) groups is 1. The summed E-state index contributed by atoms with van der Waals surface area (Å²) in [6, 6.07) is 12.8. The first-order valence-electron chi connectivity index (χ1n) is 7.63. The molecule has 1 saturated heterocycles. The molecular weight excluding hydrogens is 404 g/mol. The van der Waals surface area contributed by atoms with Crippen LogP contribution < -0.4 is 5.32 Å². The molecule has 0 spiro atoms. The number of hydrogen-bond donors (Lipinski definition) is 1. The van der Waals surface area contributed by atoms with E-state index >= 15 is 0 Å². The molecule has 4 rings (SSSR count). The number of nitro groups is 1. The number of amides is 1. The number of nitrogens with one attached hydrogen (secondary N) is 1. The molecule has 10 heteroatoms. The Morgan fingerprint density at radius 3 is 2.74 bits per heavy atom. The van der Waals surface area contributed by atoms with Crippen molar-refractivity contribution >= 4 is 61.7 Å². The Hall–Kier alpha value is -2.82. The number of nitrogens with zero attached hydrogens (tertiary/aromatic N) is 3. The lowest BCUT2D eigenvalue weighted by Gasteiger charge is -1.94. The minimum absolute atomic E-state index is 0.0374. The van der Waals surface area contributed by atoms with Gasteiger partial charge in [-0.05, 0) is 23.9 Å². The predicted molar refractivity (Wildman–Crippen MR) is 109 cm³/mol. The molecule has 1 amide bonds. The summed E-state index contributed by atoms with van der Waals surface area (Å²) in [5.74, 6) is -0.283. The summed E-state index contributed by atoms with van der Waals surface area (Å²) in [5.41, 5.74) is 1.83. The fourth-order valence-electron chi connectivity index (χ4n) is 2.27. The molecule has 0 aliphatic carbocycles. The normalized spacial score (nSPS) is 16.8. The van der Waals surface area contributed by atoms with Crippen LogP contribution in [-0.4, -0.2) is 21.0 Å². The van der Waals surface area contributed by atoms with Crippen LogP contribution in [0.2, 0.25) is 0 Å². The molecule has 0 saturated carbocycles. The highest BCUT2D eigenvalue weighted by Gasteiger charge is 2.25. The predicted octanol–water partition coefficient (Wildman–Crippen LogP) is 4.67. The van der Waals surface area contributed by atoms with Crippen molar-refractivity contribution in [3.8, 4) is 11.3 Å². The molecular formula is C17H10N4O3S3. The Balaban J connectivity index is 1.52. The van der Waals surface area contributed by atoms with Gasteiger partial charge in [0.2, 0.25) is 5.13 Å². The molecule has 134 valence electrons. The standard InChI is InChI=1S/C17H10N4O3S3/c22-15-13(8-11-6-7-14(26-11)21(23)24)27-17(19-15)20-16-18-12(9-25-16)10-4-2-1-3-5-10/h1-9H,(H,18,19,20,22)/b13-8-. The third-order valence-corrected chi connectivity index (χ3v) is 6.10. The van der Waals surface area contributed by atoms with Crippen LogP contribution in [0.1, 0.15) is 4.88 Å². The molecule has 0 unspecified atom stereocenters. The second-order valence-electron chi connectivity index (χ2n) is 5.30. The molecule has 1 aromatic carbocycles. The van der Waals surface area contributed by atoms with Gasteiger partial charge in [0.05, 0.1) is 15.5 Å². The van der Waals surface area contributed by atoms with Crippen LogP contribution in [0.15, 0.2) is 57.7 Å². The van der Waals surface area contributed by atoms with Gasteiger partial charge in [0.25, 0.3) is 5.91 Å². The van der Waals surface area contributed by atoms with Gasteiger partial charge in [0, 0.05) is 21.9 Å². The van der Waals surface area contributed by atoms with Crippen molar-refractivity contribution in [1.29, 1.82) is 0 Å². The quantitative estimate of drug-likeness (QED) is 0.380. The lowest BCUT2D eigenvalue weighted by atomic mass is 10.2. The van der Waals surface area contributed by atoms with E-state index in [9.17, 15) is 14.9 Å². The maximum absolute atomic E-state index is 12.1. The number of aliphatic imine (C=N–C) groups is 1. The van der Waals surface area contributed by atoms with Gasteiger partial charge in [0.1, 0.15) is 0 Å². The summed E-state index contributed by atoms with van der Waals surface area (Å²) in [4.78, 5) is 32.4. The fraction of sp³-hybridized carbons (Fsp3) is 0. The summed E-state index contributed by atoms with van der Waals surface area (Å²) in [7, 11) is 0. The van der Waals surface area contributed by atoms with Gasteiger partial charge in [-0.25, -0.2) is 4.98 Å². The second kappa shape index (κ2) is 7.43. The average Bonchev–Trinajstić information content (AvgIpc) is 3.38. The molecule has 0 bridgehead atoms. The number of amidine groups is 1. The molecule has 3 aromatic rings. The largest absolute Gasteiger partial charge is 0.324 e. The Bertz CT molecular complexity index is 1090. The third kappa shape index (κ3) is 3.97. The molecule has 1 aliphatic rings. The van der Waals surface area contributed by atoms with Gasteiger partial charge < -0.3 is 5.32 Å². The smallest absolute Gasteiger partial charge is 0.300 e. The van der Waals surface area contributed by atoms with E-state index in [1.54, 1.807) is 12.1 Å². The van der Waals surface area contributed by atoms with E-state index in [0.717, 1.165) is 22.6 Å². The van der Waals surface area contributed by atoms with E-state index < -0.39 is 4.92 Å². The van der Waals surface area contributed by atoms with Gasteiger partial charge in [-0.15, -0.1) is 11.3 Å². The summed E-state index contributed by atoms with van der Waals surface area (Å²) in [6.45, 7) is 0. The van der Waals surface area contributed by atoms with Crippen molar-refractivity contribution in [2.45, 2.75) is 0 Å². The van der Waals surface area contributed by atoms with Crippen LogP contribution in [-0.2, 0) is 4.79 Å². The van der Waals surface area contributed by atoms with Gasteiger partial charge in [0.15, 0.2) is 5.17 Å². The minimum Gasteiger partial charge on any atom is -0.300 e. The number of rotatable bonds is 4. The molecule has 0 radical (unpaired) electrons. The molecule has 27 heavy (non-hydrogen) atoms. The van der Waals surface area contributed by atoms with Crippen LogP contribution in [0, 0.1) is 10.1 Å². The first kappa shape index (κ1) is 17.6. The van der Waals surface area contributed by atoms with Crippen molar-refractivity contribution in [3.63, 3.8) is 0 Å². The molecule has 1 fully saturated rings. The average molecular weight is 414 g/mol. The Morgan fingerprint density at radius 2 is 2.00 bits per heavy atom. The highest BCUT2D eigenvalue weighted by atomic mass is 32.2. The summed E-state index contributed by atoms with van der Waals surface area (Å²) in [6.07, 6.45) is 1.62. The van der Waals surface area contributed by atoms with Crippen molar-refractivity contribution < 1.29 is 9.72 Å². The van der Waals surface area contributed by atoms with E-state index in [1.165, 1.54) is 29.2 Å². The van der Waals surface area contributed by atoms with E-state index in [2.05, 4.69) is 15.3 Å². The SMILES string of the molecule is O=C1NC(=Nc2nc(-c3ccccc3)cs2)S/C1=C\c1ccc([N+](=O)[O-])s1. The van der Waals surface area contributed by atoms with E-state index in [4.69, 9.17) is 0 Å². The van der Waals surface area contributed by atoms with Crippen molar-refractivity contribution in [1.82, 2.24) is 10.3 Å². The minimum atomic E-state index is -0.450. The monoisotopic (exact) mass is 414 g/mol. The lowest BCUT2D eigenvalue weighted by molar-refractivity contribution is -0.380.